The van der Waals surface area contributed by atoms with Crippen LogP contribution in [0.15, 0.2) is 22.9 Å². The smallest absolute Gasteiger partial charge is 0.280 e. The lowest BCUT2D eigenvalue weighted by Crippen LogP contribution is -2.39. The number of rotatable bonds is 6. The molecular formula is C20H23N7O4. The molecule has 1 amide bonds. The molecule has 1 aliphatic heterocycles. The second-order valence-electron chi connectivity index (χ2n) is 7.75. The van der Waals surface area contributed by atoms with Gasteiger partial charge in [0.05, 0.1) is 26.5 Å². The maximum Gasteiger partial charge on any atom is 0.280 e. The van der Waals surface area contributed by atoms with Crippen molar-refractivity contribution in [3.8, 4) is 23.3 Å². The standard InChI is InChI=1S/C20H23N7O4/c1-29-16-6-5-14(18(21-16)30-2)20(28)26-9-7-13(8-10-26)27-11-15(23-25-27)19-22-17(24-31-19)12-3-4-12/h5-6,11-13H,3-4,7-10H2,1-2H3. The van der Waals surface area contributed by atoms with E-state index in [9.17, 15) is 4.79 Å². The van der Waals surface area contributed by atoms with Crippen molar-refractivity contribution in [2.24, 2.45) is 0 Å². The van der Waals surface area contributed by atoms with Crippen LogP contribution >= 0.6 is 0 Å². The predicted octanol–water partition coefficient (Wildman–Crippen LogP) is 2.09. The fraction of sp³-hybridized carbons (Fsp3) is 0.500. The highest BCUT2D eigenvalue weighted by atomic mass is 16.5. The number of ether oxygens (including phenoxy) is 2. The molecule has 0 radical (unpaired) electrons. The number of piperidine rings is 1. The highest BCUT2D eigenvalue weighted by molar-refractivity contribution is 5.96. The Bertz CT molecular complexity index is 1080. The van der Waals surface area contributed by atoms with Gasteiger partial charge in [0.25, 0.3) is 11.8 Å². The van der Waals surface area contributed by atoms with Crippen LogP contribution in [0.4, 0.5) is 0 Å². The number of amides is 1. The lowest BCUT2D eigenvalue weighted by Gasteiger charge is -2.32. The highest BCUT2D eigenvalue weighted by Crippen LogP contribution is 2.38. The van der Waals surface area contributed by atoms with Crippen LogP contribution in [0.2, 0.25) is 0 Å². The monoisotopic (exact) mass is 425 g/mol. The van der Waals surface area contributed by atoms with E-state index in [1.54, 1.807) is 17.0 Å². The molecule has 0 N–H and O–H groups in total. The molecule has 0 bridgehead atoms. The van der Waals surface area contributed by atoms with Gasteiger partial charge in [-0.2, -0.15) is 9.97 Å². The van der Waals surface area contributed by atoms with Crippen molar-refractivity contribution >= 4 is 5.91 Å². The molecular weight excluding hydrogens is 402 g/mol. The van der Waals surface area contributed by atoms with Crippen LogP contribution in [0.3, 0.4) is 0 Å². The fourth-order valence-electron chi connectivity index (χ4n) is 3.76. The highest BCUT2D eigenvalue weighted by Gasteiger charge is 2.30. The van der Waals surface area contributed by atoms with Crippen molar-refractivity contribution in [1.29, 1.82) is 0 Å². The average molecular weight is 425 g/mol. The van der Waals surface area contributed by atoms with Crippen LogP contribution in [0.25, 0.3) is 11.6 Å². The first-order valence-corrected chi connectivity index (χ1v) is 10.3. The first kappa shape index (κ1) is 19.5. The number of aromatic nitrogens is 6. The summed E-state index contributed by atoms with van der Waals surface area (Å²) in [5.74, 6) is 2.13. The van der Waals surface area contributed by atoms with Gasteiger partial charge in [-0.05, 0) is 31.7 Å². The number of hydrogen-bond acceptors (Lipinski definition) is 9. The summed E-state index contributed by atoms with van der Waals surface area (Å²) in [6, 6.07) is 3.49. The summed E-state index contributed by atoms with van der Waals surface area (Å²) >= 11 is 0. The molecule has 0 spiro atoms. The Morgan fingerprint density at radius 1 is 1.10 bits per heavy atom. The average Bonchev–Trinajstić information content (AvgIpc) is 3.34. The van der Waals surface area contributed by atoms with E-state index >= 15 is 0 Å². The second-order valence-corrected chi connectivity index (χ2v) is 7.75. The van der Waals surface area contributed by atoms with E-state index in [1.165, 1.54) is 14.2 Å². The molecule has 4 heterocycles. The van der Waals surface area contributed by atoms with Gasteiger partial charge in [0.1, 0.15) is 5.56 Å². The zero-order valence-corrected chi connectivity index (χ0v) is 17.4. The minimum atomic E-state index is -0.108. The third kappa shape index (κ3) is 3.82. The molecule has 11 heteroatoms. The molecule has 1 aliphatic carbocycles. The topological polar surface area (TPSA) is 121 Å². The molecule has 1 saturated heterocycles. The number of methoxy groups -OCH3 is 2. The largest absolute Gasteiger partial charge is 0.481 e. The number of hydrogen-bond donors (Lipinski definition) is 0. The Balaban J connectivity index is 1.23. The number of likely N-dealkylation sites (tertiary alicyclic amines) is 1. The van der Waals surface area contributed by atoms with Crippen LogP contribution in [0.1, 0.15) is 53.8 Å². The SMILES string of the molecule is COc1ccc(C(=O)N2CCC(n3cc(-c4nc(C5CC5)no4)nn3)CC2)c(OC)n1. The van der Waals surface area contributed by atoms with Crippen LogP contribution in [0.5, 0.6) is 11.8 Å². The minimum absolute atomic E-state index is 0.108. The van der Waals surface area contributed by atoms with Crippen molar-refractivity contribution in [3.63, 3.8) is 0 Å². The molecule has 2 fully saturated rings. The third-order valence-electron chi connectivity index (χ3n) is 5.71. The summed E-state index contributed by atoms with van der Waals surface area (Å²) in [6.45, 7) is 1.19. The van der Waals surface area contributed by atoms with E-state index in [4.69, 9.17) is 14.0 Å². The van der Waals surface area contributed by atoms with E-state index in [0.717, 1.165) is 31.5 Å². The first-order chi connectivity index (χ1) is 15.2. The number of carbonyl (C=O) groups is 1. The van der Waals surface area contributed by atoms with Gasteiger partial charge in [-0.15, -0.1) is 5.10 Å². The summed E-state index contributed by atoms with van der Waals surface area (Å²) in [5.41, 5.74) is 1.000. The normalized spacial score (nSPS) is 17.0. The van der Waals surface area contributed by atoms with Gasteiger partial charge in [0.15, 0.2) is 11.5 Å². The molecule has 162 valence electrons. The second kappa shape index (κ2) is 7.97. The van der Waals surface area contributed by atoms with Crippen molar-refractivity contribution in [1.82, 2.24) is 35.0 Å². The van der Waals surface area contributed by atoms with Crippen molar-refractivity contribution < 1.29 is 18.8 Å². The zero-order valence-electron chi connectivity index (χ0n) is 17.4. The molecule has 0 atom stereocenters. The quantitative estimate of drug-likeness (QED) is 0.584. The lowest BCUT2D eigenvalue weighted by atomic mass is 10.0. The van der Waals surface area contributed by atoms with Crippen LogP contribution in [-0.4, -0.2) is 68.2 Å². The summed E-state index contributed by atoms with van der Waals surface area (Å²) < 4.78 is 17.5. The Labute approximate surface area is 178 Å². The van der Waals surface area contributed by atoms with Gasteiger partial charge < -0.3 is 18.9 Å². The van der Waals surface area contributed by atoms with E-state index in [0.29, 0.717) is 42.0 Å². The summed E-state index contributed by atoms with van der Waals surface area (Å²) in [7, 11) is 3.01. The Hall–Kier alpha value is -3.50. The fourth-order valence-corrected chi connectivity index (χ4v) is 3.76. The van der Waals surface area contributed by atoms with Gasteiger partial charge >= 0.3 is 0 Å². The molecule has 5 rings (SSSR count). The minimum Gasteiger partial charge on any atom is -0.481 e. The van der Waals surface area contributed by atoms with Crippen molar-refractivity contribution in [3.05, 3.63) is 29.7 Å². The number of carbonyl (C=O) groups excluding carboxylic acids is 1. The number of pyridine rings is 1. The summed E-state index contributed by atoms with van der Waals surface area (Å²) in [5, 5.41) is 12.5. The summed E-state index contributed by atoms with van der Waals surface area (Å²) in [6.07, 6.45) is 5.58. The van der Waals surface area contributed by atoms with Crippen LogP contribution < -0.4 is 9.47 Å². The van der Waals surface area contributed by atoms with Gasteiger partial charge in [0.2, 0.25) is 11.8 Å². The van der Waals surface area contributed by atoms with E-state index in [2.05, 4.69) is 25.4 Å². The van der Waals surface area contributed by atoms with E-state index in [1.807, 2.05) is 10.9 Å². The molecule has 0 aromatic carbocycles. The van der Waals surface area contributed by atoms with Crippen LogP contribution in [0, 0.1) is 0 Å². The van der Waals surface area contributed by atoms with E-state index < -0.39 is 0 Å². The van der Waals surface area contributed by atoms with Gasteiger partial charge in [0, 0.05) is 25.1 Å². The van der Waals surface area contributed by atoms with Gasteiger partial charge in [-0.3, -0.25) is 4.79 Å². The third-order valence-corrected chi connectivity index (χ3v) is 5.71. The van der Waals surface area contributed by atoms with Gasteiger partial charge in [-0.25, -0.2) is 4.68 Å². The molecule has 11 nitrogen and oxygen atoms in total. The molecule has 2 aliphatic rings. The Morgan fingerprint density at radius 3 is 2.61 bits per heavy atom. The first-order valence-electron chi connectivity index (χ1n) is 10.3. The molecule has 0 unspecified atom stereocenters. The molecule has 31 heavy (non-hydrogen) atoms. The maximum atomic E-state index is 13.0. The molecule has 3 aromatic heterocycles. The van der Waals surface area contributed by atoms with Gasteiger partial charge in [-0.1, -0.05) is 10.4 Å². The Morgan fingerprint density at radius 2 is 1.90 bits per heavy atom. The zero-order chi connectivity index (χ0) is 21.4. The van der Waals surface area contributed by atoms with Crippen LogP contribution in [-0.2, 0) is 0 Å². The summed E-state index contributed by atoms with van der Waals surface area (Å²) in [4.78, 5) is 23.4. The molecule has 3 aromatic rings. The van der Waals surface area contributed by atoms with E-state index in [-0.39, 0.29) is 17.8 Å². The lowest BCUT2D eigenvalue weighted by molar-refractivity contribution is 0.0685. The predicted molar refractivity (Wildman–Crippen MR) is 107 cm³/mol. The number of nitrogens with zero attached hydrogens (tertiary/aromatic N) is 7. The molecule has 1 saturated carbocycles. The van der Waals surface area contributed by atoms with Crippen molar-refractivity contribution in [2.45, 2.75) is 37.6 Å². The van der Waals surface area contributed by atoms with Crippen molar-refractivity contribution in [2.75, 3.05) is 27.3 Å². The maximum absolute atomic E-state index is 13.0. The Kier molecular flexibility index (Phi) is 5.00.